The van der Waals surface area contributed by atoms with Gasteiger partial charge in [0.1, 0.15) is 5.54 Å². The number of carbonyl (C=O) groups is 2. The first-order chi connectivity index (χ1) is 14.2. The van der Waals surface area contributed by atoms with Crippen LogP contribution in [0.25, 0.3) is 0 Å². The summed E-state index contributed by atoms with van der Waals surface area (Å²) in [6.45, 7) is 2.27. The molecule has 0 bridgehead atoms. The van der Waals surface area contributed by atoms with Crippen LogP contribution >= 0.6 is 0 Å². The summed E-state index contributed by atoms with van der Waals surface area (Å²) in [6.07, 6.45) is 19.0. The fourth-order valence-corrected chi connectivity index (χ4v) is 4.32. The Labute approximate surface area is 177 Å². The molecule has 4 heteroatoms. The zero-order chi connectivity index (χ0) is 20.8. The minimum atomic E-state index is -0.893. The standard InChI is InChI=1S/C25H40N2O2/c1-2-3-4-5-6-7-8-9-10-11-12-13-14-18-21-25(22-19-16-15-17-20-22)23(28)26-24(29)27-25/h15-17,19-20H,2-14,18,21H2,1H3,(H2,26,27,28,29)/t25-/m1/s1. The molecule has 1 aromatic rings. The Morgan fingerprint density at radius 2 is 1.17 bits per heavy atom. The van der Waals surface area contributed by atoms with E-state index in [1.807, 2.05) is 30.3 Å². The molecule has 1 atom stereocenters. The maximum Gasteiger partial charge on any atom is 0.322 e. The first kappa shape index (κ1) is 23.4. The van der Waals surface area contributed by atoms with Crippen LogP contribution in [0.1, 0.15) is 109 Å². The fraction of sp³-hybridized carbons (Fsp3) is 0.680. The Balaban J connectivity index is 1.55. The summed E-state index contributed by atoms with van der Waals surface area (Å²) in [5.41, 5.74) is -0.0202. The summed E-state index contributed by atoms with van der Waals surface area (Å²) < 4.78 is 0. The topological polar surface area (TPSA) is 58.2 Å². The van der Waals surface area contributed by atoms with Gasteiger partial charge in [0.25, 0.3) is 5.91 Å². The fourth-order valence-electron chi connectivity index (χ4n) is 4.32. The minimum Gasteiger partial charge on any atom is -0.319 e. The Kier molecular flexibility index (Phi) is 10.8. The SMILES string of the molecule is CCCCCCCCCCCCCCCC[C@]1(c2ccccc2)NC(=O)NC1=O. The van der Waals surface area contributed by atoms with Gasteiger partial charge in [-0.1, -0.05) is 127 Å². The van der Waals surface area contributed by atoms with Crippen molar-refractivity contribution in [3.8, 4) is 0 Å². The Hall–Kier alpha value is -1.84. The van der Waals surface area contributed by atoms with Gasteiger partial charge in [-0.15, -0.1) is 0 Å². The lowest BCUT2D eigenvalue weighted by molar-refractivity contribution is -0.124. The van der Waals surface area contributed by atoms with E-state index in [1.54, 1.807) is 0 Å². The van der Waals surface area contributed by atoms with Gasteiger partial charge in [-0.2, -0.15) is 0 Å². The van der Waals surface area contributed by atoms with Crippen LogP contribution in [0.3, 0.4) is 0 Å². The lowest BCUT2D eigenvalue weighted by atomic mass is 9.84. The predicted octanol–water partition coefficient (Wildman–Crippen LogP) is 6.59. The largest absolute Gasteiger partial charge is 0.322 e. The molecule has 0 radical (unpaired) electrons. The quantitative estimate of drug-likeness (QED) is 0.243. The molecule has 0 unspecified atom stereocenters. The normalized spacial score (nSPS) is 18.7. The summed E-state index contributed by atoms with van der Waals surface area (Å²) in [5, 5.41) is 5.30. The van der Waals surface area contributed by atoms with Gasteiger partial charge < -0.3 is 5.32 Å². The van der Waals surface area contributed by atoms with E-state index in [2.05, 4.69) is 17.6 Å². The molecule has 1 aliphatic heterocycles. The molecule has 162 valence electrons. The third-order valence-corrected chi connectivity index (χ3v) is 6.11. The molecule has 0 aliphatic carbocycles. The first-order valence-electron chi connectivity index (χ1n) is 11.9. The molecule has 1 heterocycles. The van der Waals surface area contributed by atoms with Crippen LogP contribution in [-0.4, -0.2) is 11.9 Å². The third kappa shape index (κ3) is 7.83. The van der Waals surface area contributed by atoms with Gasteiger partial charge in [0, 0.05) is 0 Å². The van der Waals surface area contributed by atoms with Crippen molar-refractivity contribution in [1.82, 2.24) is 10.6 Å². The Morgan fingerprint density at radius 3 is 1.62 bits per heavy atom. The average Bonchev–Trinajstić information content (AvgIpc) is 3.03. The van der Waals surface area contributed by atoms with Crippen LogP contribution in [0.5, 0.6) is 0 Å². The lowest BCUT2D eigenvalue weighted by Crippen LogP contribution is -2.43. The summed E-state index contributed by atoms with van der Waals surface area (Å²) in [7, 11) is 0. The zero-order valence-corrected chi connectivity index (χ0v) is 18.3. The van der Waals surface area contributed by atoms with E-state index in [0.717, 1.165) is 18.4 Å². The summed E-state index contributed by atoms with van der Waals surface area (Å²) in [5.74, 6) is -0.219. The van der Waals surface area contributed by atoms with E-state index in [-0.39, 0.29) is 11.9 Å². The molecule has 3 amide bonds. The summed E-state index contributed by atoms with van der Waals surface area (Å²) in [4.78, 5) is 24.2. The van der Waals surface area contributed by atoms with Crippen molar-refractivity contribution in [2.75, 3.05) is 0 Å². The monoisotopic (exact) mass is 400 g/mol. The molecule has 29 heavy (non-hydrogen) atoms. The zero-order valence-electron chi connectivity index (χ0n) is 18.3. The van der Waals surface area contributed by atoms with Crippen molar-refractivity contribution >= 4 is 11.9 Å². The molecule has 1 aromatic carbocycles. The summed E-state index contributed by atoms with van der Waals surface area (Å²) in [6, 6.07) is 9.23. The van der Waals surface area contributed by atoms with Crippen LogP contribution in [0.2, 0.25) is 0 Å². The number of hydrogen-bond acceptors (Lipinski definition) is 2. The van der Waals surface area contributed by atoms with E-state index in [0.29, 0.717) is 6.42 Å². The Bertz CT molecular complexity index is 602. The van der Waals surface area contributed by atoms with Gasteiger partial charge >= 0.3 is 6.03 Å². The van der Waals surface area contributed by atoms with Crippen LogP contribution < -0.4 is 10.6 Å². The third-order valence-electron chi connectivity index (χ3n) is 6.11. The molecule has 0 saturated carbocycles. The van der Waals surface area contributed by atoms with Gasteiger partial charge in [0.05, 0.1) is 0 Å². The van der Waals surface area contributed by atoms with E-state index in [9.17, 15) is 9.59 Å². The molecule has 1 saturated heterocycles. The van der Waals surface area contributed by atoms with Gasteiger partial charge in [0.2, 0.25) is 0 Å². The molecule has 1 aliphatic rings. The van der Waals surface area contributed by atoms with Crippen molar-refractivity contribution < 1.29 is 9.59 Å². The second-order valence-corrected chi connectivity index (χ2v) is 8.53. The van der Waals surface area contributed by atoms with Crippen LogP contribution in [0.4, 0.5) is 4.79 Å². The number of hydrogen-bond donors (Lipinski definition) is 2. The molecular formula is C25H40N2O2. The number of amides is 3. The molecule has 0 spiro atoms. The number of imide groups is 1. The molecular weight excluding hydrogens is 360 g/mol. The highest BCUT2D eigenvalue weighted by molar-refractivity contribution is 6.07. The number of carbonyl (C=O) groups excluding carboxylic acids is 2. The van der Waals surface area contributed by atoms with Crippen molar-refractivity contribution in [3.05, 3.63) is 35.9 Å². The Morgan fingerprint density at radius 1 is 0.690 bits per heavy atom. The predicted molar refractivity (Wildman–Crippen MR) is 120 cm³/mol. The highest BCUT2D eigenvalue weighted by Crippen LogP contribution is 2.31. The maximum absolute atomic E-state index is 12.5. The van der Waals surface area contributed by atoms with E-state index in [4.69, 9.17) is 0 Å². The van der Waals surface area contributed by atoms with Gasteiger partial charge in [-0.25, -0.2) is 4.79 Å². The molecule has 4 nitrogen and oxygen atoms in total. The van der Waals surface area contributed by atoms with Gasteiger partial charge in [-0.3, -0.25) is 10.1 Å². The molecule has 0 aromatic heterocycles. The highest BCUT2D eigenvalue weighted by Gasteiger charge is 2.46. The van der Waals surface area contributed by atoms with Gasteiger partial charge in [-0.05, 0) is 12.0 Å². The number of urea groups is 1. The van der Waals surface area contributed by atoms with Crippen LogP contribution in [0.15, 0.2) is 30.3 Å². The number of nitrogens with one attached hydrogen (secondary N) is 2. The van der Waals surface area contributed by atoms with Crippen molar-refractivity contribution in [2.45, 2.75) is 109 Å². The van der Waals surface area contributed by atoms with Crippen molar-refractivity contribution in [3.63, 3.8) is 0 Å². The van der Waals surface area contributed by atoms with Crippen LogP contribution in [0, 0.1) is 0 Å². The second kappa shape index (κ2) is 13.4. The van der Waals surface area contributed by atoms with Crippen LogP contribution in [-0.2, 0) is 10.3 Å². The van der Waals surface area contributed by atoms with Crippen molar-refractivity contribution in [1.29, 1.82) is 0 Å². The smallest absolute Gasteiger partial charge is 0.319 e. The second-order valence-electron chi connectivity index (χ2n) is 8.53. The number of rotatable bonds is 16. The summed E-state index contributed by atoms with van der Waals surface area (Å²) >= 11 is 0. The minimum absolute atomic E-state index is 0.219. The van der Waals surface area contributed by atoms with E-state index >= 15 is 0 Å². The number of unbranched alkanes of at least 4 members (excludes halogenated alkanes) is 13. The highest BCUT2D eigenvalue weighted by atomic mass is 16.2. The average molecular weight is 401 g/mol. The van der Waals surface area contributed by atoms with E-state index < -0.39 is 5.54 Å². The molecule has 2 rings (SSSR count). The molecule has 2 N–H and O–H groups in total. The molecule has 1 fully saturated rings. The van der Waals surface area contributed by atoms with Crippen molar-refractivity contribution in [2.24, 2.45) is 0 Å². The lowest BCUT2D eigenvalue weighted by Gasteiger charge is -2.26. The number of benzene rings is 1. The first-order valence-corrected chi connectivity index (χ1v) is 11.9. The maximum atomic E-state index is 12.5. The van der Waals surface area contributed by atoms with E-state index in [1.165, 1.54) is 77.0 Å². The van der Waals surface area contributed by atoms with Gasteiger partial charge in [0.15, 0.2) is 0 Å².